The van der Waals surface area contributed by atoms with Gasteiger partial charge in [0.1, 0.15) is 0 Å². The number of halogens is 1. The van der Waals surface area contributed by atoms with E-state index in [2.05, 4.69) is 43.2 Å². The van der Waals surface area contributed by atoms with E-state index in [4.69, 9.17) is 0 Å². The van der Waals surface area contributed by atoms with Gasteiger partial charge in [-0.2, -0.15) is 5.10 Å². The van der Waals surface area contributed by atoms with Crippen LogP contribution in [0.15, 0.2) is 113 Å². The van der Waals surface area contributed by atoms with Crippen molar-refractivity contribution in [2.75, 3.05) is 10.6 Å². The summed E-state index contributed by atoms with van der Waals surface area (Å²) in [7, 11) is 0. The number of carbonyl (C=O) groups is 3. The van der Waals surface area contributed by atoms with Crippen LogP contribution in [0, 0.1) is 0 Å². The number of hydrogen-bond donors (Lipinski definition) is 3. The maximum absolute atomic E-state index is 12.8. The minimum atomic E-state index is -0.964. The van der Waals surface area contributed by atoms with Gasteiger partial charge in [-0.3, -0.25) is 14.4 Å². The topological polar surface area (TPSA) is 99.7 Å². The van der Waals surface area contributed by atoms with Crippen molar-refractivity contribution in [3.8, 4) is 0 Å². The minimum absolute atomic E-state index is 0.200. The van der Waals surface area contributed by atoms with Crippen LogP contribution in [0.2, 0.25) is 0 Å². The zero-order valence-electron chi connectivity index (χ0n) is 19.9. The Hall–Kier alpha value is -4.82. The van der Waals surface area contributed by atoms with Crippen molar-refractivity contribution in [3.05, 3.63) is 119 Å². The second-order valence-electron chi connectivity index (χ2n) is 8.39. The smallest absolute Gasteiger partial charge is 0.322 e. The normalized spacial score (nSPS) is 11.0. The van der Waals surface area contributed by atoms with Crippen molar-refractivity contribution in [1.82, 2.24) is 5.43 Å². The predicted octanol–water partition coefficient (Wildman–Crippen LogP) is 6.10. The van der Waals surface area contributed by atoms with Gasteiger partial charge in [0.25, 0.3) is 5.91 Å². The average Bonchev–Trinajstić information content (AvgIpc) is 2.94. The average molecular weight is 565 g/mol. The summed E-state index contributed by atoms with van der Waals surface area (Å²) in [5.41, 5.74) is 4.12. The zero-order chi connectivity index (χ0) is 26.5. The highest BCUT2D eigenvalue weighted by molar-refractivity contribution is 9.10. The van der Waals surface area contributed by atoms with Gasteiger partial charge in [-0.15, -0.1) is 0 Å². The molecule has 0 saturated carbocycles. The molecule has 0 fully saturated rings. The van der Waals surface area contributed by atoms with Gasteiger partial charge in [-0.05, 0) is 64.0 Å². The number of fused-ring (bicyclic) bond motifs is 2. The summed E-state index contributed by atoms with van der Waals surface area (Å²) in [6, 6.07) is 31.4. The third-order valence-electron chi connectivity index (χ3n) is 5.90. The van der Waals surface area contributed by atoms with Crippen molar-refractivity contribution in [2.24, 2.45) is 5.10 Å². The molecule has 0 radical (unpaired) electrons. The molecule has 0 atom stereocenters. The molecule has 0 aliphatic heterocycles. The number of para-hydroxylation sites is 1. The van der Waals surface area contributed by atoms with Crippen LogP contribution in [-0.4, -0.2) is 23.9 Å². The Labute approximate surface area is 226 Å². The molecule has 0 heterocycles. The SMILES string of the molecule is O=C(N/N=C\c1c2ccccc2cc2ccccc12)C(=O)Nc1ccccc1C(=O)Nc1ccc(Br)cc1. The van der Waals surface area contributed by atoms with Crippen molar-refractivity contribution < 1.29 is 14.4 Å². The summed E-state index contributed by atoms with van der Waals surface area (Å²) in [5, 5.41) is 13.3. The first-order valence-corrected chi connectivity index (χ1v) is 12.5. The number of nitrogens with zero attached hydrogens (tertiary/aromatic N) is 1. The lowest BCUT2D eigenvalue weighted by atomic mass is 9.97. The van der Waals surface area contributed by atoms with Crippen LogP contribution in [0.25, 0.3) is 21.5 Å². The van der Waals surface area contributed by atoms with E-state index in [-0.39, 0.29) is 11.3 Å². The molecule has 0 aliphatic carbocycles. The van der Waals surface area contributed by atoms with E-state index in [0.29, 0.717) is 5.69 Å². The molecule has 0 aliphatic rings. The molecule has 3 amide bonds. The van der Waals surface area contributed by atoms with Crippen molar-refractivity contribution >= 4 is 72.8 Å². The molecule has 5 aromatic rings. The first-order valence-electron chi connectivity index (χ1n) is 11.7. The highest BCUT2D eigenvalue weighted by Gasteiger charge is 2.18. The largest absolute Gasteiger partial charge is 0.329 e. The molecular formula is C30H21BrN4O3. The number of nitrogens with one attached hydrogen (secondary N) is 3. The summed E-state index contributed by atoms with van der Waals surface area (Å²) in [6.07, 6.45) is 1.54. The van der Waals surface area contributed by atoms with Crippen molar-refractivity contribution in [2.45, 2.75) is 0 Å². The summed E-state index contributed by atoms with van der Waals surface area (Å²) in [6.45, 7) is 0. The second kappa shape index (κ2) is 11.1. The van der Waals surface area contributed by atoms with Gasteiger partial charge in [0.15, 0.2) is 0 Å². The van der Waals surface area contributed by atoms with Gasteiger partial charge in [-0.1, -0.05) is 76.6 Å². The molecule has 7 nitrogen and oxygen atoms in total. The minimum Gasteiger partial charge on any atom is -0.322 e. The van der Waals surface area contributed by atoms with E-state index in [9.17, 15) is 14.4 Å². The fraction of sp³-hybridized carbons (Fsp3) is 0. The maximum atomic E-state index is 12.8. The van der Waals surface area contributed by atoms with E-state index >= 15 is 0 Å². The van der Waals surface area contributed by atoms with Crippen LogP contribution >= 0.6 is 15.9 Å². The van der Waals surface area contributed by atoms with Crippen LogP contribution in [0.3, 0.4) is 0 Å². The van der Waals surface area contributed by atoms with Crippen molar-refractivity contribution in [3.63, 3.8) is 0 Å². The van der Waals surface area contributed by atoms with E-state index in [1.54, 1.807) is 48.5 Å². The van der Waals surface area contributed by atoms with Crippen LogP contribution < -0.4 is 16.1 Å². The lowest BCUT2D eigenvalue weighted by Gasteiger charge is -2.11. The lowest BCUT2D eigenvalue weighted by Crippen LogP contribution is -2.33. The van der Waals surface area contributed by atoms with Gasteiger partial charge in [0.05, 0.1) is 17.5 Å². The molecule has 0 spiro atoms. The fourth-order valence-corrected chi connectivity index (χ4v) is 4.36. The molecule has 3 N–H and O–H groups in total. The monoisotopic (exact) mass is 564 g/mol. The Morgan fingerprint density at radius 3 is 1.97 bits per heavy atom. The second-order valence-corrected chi connectivity index (χ2v) is 9.31. The number of hydrazone groups is 1. The standard InChI is InChI=1S/C30H21BrN4O3/c31-21-13-15-22(16-14-21)33-28(36)25-11-5-6-12-27(25)34-29(37)30(38)35-32-18-26-23-9-3-1-7-19(23)17-20-8-2-4-10-24(20)26/h1-18H,(H,33,36)(H,34,37)(H,35,38)/b32-18-. The van der Waals surface area contributed by atoms with Crippen LogP contribution in [0.4, 0.5) is 11.4 Å². The van der Waals surface area contributed by atoms with E-state index in [1.165, 1.54) is 6.21 Å². The summed E-state index contributed by atoms with van der Waals surface area (Å²) in [5.74, 6) is -2.34. The number of rotatable bonds is 5. The lowest BCUT2D eigenvalue weighted by molar-refractivity contribution is -0.136. The molecule has 5 aromatic carbocycles. The van der Waals surface area contributed by atoms with Gasteiger partial charge < -0.3 is 10.6 Å². The molecule has 8 heteroatoms. The molecule has 0 saturated heterocycles. The Morgan fingerprint density at radius 2 is 1.29 bits per heavy atom. The van der Waals surface area contributed by atoms with E-state index in [0.717, 1.165) is 31.6 Å². The van der Waals surface area contributed by atoms with Crippen LogP contribution in [-0.2, 0) is 9.59 Å². The summed E-state index contributed by atoms with van der Waals surface area (Å²) in [4.78, 5) is 38.0. The number of benzene rings is 5. The predicted molar refractivity (Wildman–Crippen MR) is 154 cm³/mol. The molecule has 186 valence electrons. The molecule has 0 bridgehead atoms. The molecule has 0 aromatic heterocycles. The Morgan fingerprint density at radius 1 is 0.684 bits per heavy atom. The summed E-state index contributed by atoms with van der Waals surface area (Å²) < 4.78 is 0.880. The Bertz CT molecular complexity index is 1660. The number of carbonyl (C=O) groups excluding carboxylic acids is 3. The molecule has 5 rings (SSSR count). The zero-order valence-corrected chi connectivity index (χ0v) is 21.5. The Kier molecular flexibility index (Phi) is 7.24. The van der Waals surface area contributed by atoms with Gasteiger partial charge >= 0.3 is 11.8 Å². The summed E-state index contributed by atoms with van der Waals surface area (Å²) >= 11 is 3.35. The molecular weight excluding hydrogens is 544 g/mol. The number of hydrogen-bond acceptors (Lipinski definition) is 4. The van der Waals surface area contributed by atoms with Crippen LogP contribution in [0.1, 0.15) is 15.9 Å². The van der Waals surface area contributed by atoms with Gasteiger partial charge in [0.2, 0.25) is 0 Å². The number of amides is 3. The quantitative estimate of drug-likeness (QED) is 0.104. The van der Waals surface area contributed by atoms with Crippen LogP contribution in [0.5, 0.6) is 0 Å². The third-order valence-corrected chi connectivity index (χ3v) is 6.43. The first-order chi connectivity index (χ1) is 18.5. The number of anilines is 2. The van der Waals surface area contributed by atoms with Gasteiger partial charge in [0, 0.05) is 15.7 Å². The highest BCUT2D eigenvalue weighted by atomic mass is 79.9. The maximum Gasteiger partial charge on any atom is 0.329 e. The molecule has 0 unspecified atom stereocenters. The highest BCUT2D eigenvalue weighted by Crippen LogP contribution is 2.27. The third kappa shape index (κ3) is 5.45. The van der Waals surface area contributed by atoms with Crippen molar-refractivity contribution in [1.29, 1.82) is 0 Å². The Balaban J connectivity index is 1.30. The van der Waals surface area contributed by atoms with E-state index in [1.807, 2.05) is 48.5 Å². The molecule has 38 heavy (non-hydrogen) atoms. The van der Waals surface area contributed by atoms with E-state index < -0.39 is 17.7 Å². The van der Waals surface area contributed by atoms with Gasteiger partial charge in [-0.25, -0.2) is 5.43 Å². The first kappa shape index (κ1) is 24.9. The fourth-order valence-electron chi connectivity index (χ4n) is 4.10.